The van der Waals surface area contributed by atoms with Crippen molar-refractivity contribution in [2.24, 2.45) is 0 Å². The third-order valence-electron chi connectivity index (χ3n) is 0.452. The predicted octanol–water partition coefficient (Wildman–Crippen LogP) is -0.300. The molecule has 5 nitrogen and oxygen atoms in total. The van der Waals surface area contributed by atoms with Gasteiger partial charge in [-0.2, -0.15) is 0 Å². The predicted molar refractivity (Wildman–Crippen MR) is 25.0 cm³/mol. The van der Waals surface area contributed by atoms with E-state index in [1.54, 1.807) is 0 Å². The quantitative estimate of drug-likeness (QED) is 0.418. The summed E-state index contributed by atoms with van der Waals surface area (Å²) in [5, 5.41) is 7.90. The summed E-state index contributed by atoms with van der Waals surface area (Å²) >= 11 is 0. The molecule has 8 heavy (non-hydrogen) atoms. The maximum atomic E-state index is 10.1. The molecule has 0 aliphatic rings. The van der Waals surface area contributed by atoms with Gasteiger partial charge in [0.05, 0.1) is 0 Å². The summed E-state index contributed by atoms with van der Waals surface area (Å²) in [6.07, 6.45) is 0. The summed E-state index contributed by atoms with van der Waals surface area (Å²) in [6.45, 7) is -0.818. The van der Waals surface area contributed by atoms with Crippen molar-refractivity contribution in [1.29, 1.82) is 0 Å². The molecular weight excluding hydrogens is 135 g/mol. The van der Waals surface area contributed by atoms with Crippen LogP contribution in [-0.4, -0.2) is 23.9 Å². The van der Waals surface area contributed by atoms with E-state index in [0.717, 1.165) is 7.11 Å². The zero-order valence-corrected chi connectivity index (χ0v) is 5.17. The Hall–Kier alpha value is 0.0700. The molecule has 6 heteroatoms. The summed E-state index contributed by atoms with van der Waals surface area (Å²) in [5.41, 5.74) is 0. The molecule has 0 fully saturated rings. The second-order valence-electron chi connectivity index (χ2n) is 0.909. The Bertz CT molecular complexity index is 101. The van der Waals surface area contributed by atoms with Crippen LogP contribution in [0.3, 0.4) is 0 Å². The number of aliphatic hydroxyl groups is 1. The van der Waals surface area contributed by atoms with Crippen molar-refractivity contribution in [3.63, 3.8) is 0 Å². The third kappa shape index (κ3) is 3.12. The average molecular weight is 142 g/mol. The van der Waals surface area contributed by atoms with E-state index in [4.69, 9.17) is 10.00 Å². The van der Waals surface area contributed by atoms with Gasteiger partial charge in [-0.25, -0.2) is 4.57 Å². The zero-order valence-electron chi connectivity index (χ0n) is 4.27. The summed E-state index contributed by atoms with van der Waals surface area (Å²) < 4.78 is 17.9. The van der Waals surface area contributed by atoms with Crippen LogP contribution < -0.4 is 0 Å². The largest absolute Gasteiger partial charge is 0.474 e. The molecule has 0 aromatic carbocycles. The molecule has 0 spiro atoms. The van der Waals surface area contributed by atoms with E-state index in [1.165, 1.54) is 0 Å². The lowest BCUT2D eigenvalue weighted by atomic mass is 11.6. The Morgan fingerprint density at radius 3 is 2.38 bits per heavy atom. The van der Waals surface area contributed by atoms with Crippen LogP contribution in [0.4, 0.5) is 0 Å². The molecule has 0 aromatic rings. The smallest absolute Gasteiger partial charge is 0.370 e. The number of rotatable bonds is 3. The lowest BCUT2D eigenvalue weighted by molar-refractivity contribution is 0.0591. The van der Waals surface area contributed by atoms with Gasteiger partial charge >= 0.3 is 7.82 Å². The van der Waals surface area contributed by atoms with Crippen LogP contribution in [-0.2, 0) is 13.6 Å². The summed E-state index contributed by atoms with van der Waals surface area (Å²) in [7, 11) is -2.91. The van der Waals surface area contributed by atoms with Gasteiger partial charge in [0, 0.05) is 7.11 Å². The van der Waals surface area contributed by atoms with E-state index in [9.17, 15) is 4.57 Å². The van der Waals surface area contributed by atoms with Crippen LogP contribution >= 0.6 is 7.82 Å². The van der Waals surface area contributed by atoms with Crippen molar-refractivity contribution < 1.29 is 23.6 Å². The Morgan fingerprint density at radius 1 is 1.75 bits per heavy atom. The van der Waals surface area contributed by atoms with Crippen LogP contribution in [0.5, 0.6) is 0 Å². The molecule has 0 saturated heterocycles. The number of phosphoric ester groups is 1. The summed E-state index contributed by atoms with van der Waals surface area (Å²) in [4.78, 5) is 8.27. The molecular formula is C2H7O5P. The Balaban J connectivity index is 3.55. The standard InChI is InChI=1S/C2H7O5P/c1-6-8(4,5)7-2-3/h3H,2H2,1H3,(H,4,5). The van der Waals surface area contributed by atoms with E-state index < -0.39 is 14.6 Å². The van der Waals surface area contributed by atoms with E-state index in [0.29, 0.717) is 0 Å². The van der Waals surface area contributed by atoms with Gasteiger partial charge in [0.25, 0.3) is 0 Å². The number of phosphoric acid groups is 1. The number of hydrogen-bond acceptors (Lipinski definition) is 4. The molecule has 1 unspecified atom stereocenters. The first-order valence-electron chi connectivity index (χ1n) is 1.76. The second kappa shape index (κ2) is 3.17. The number of hydrogen-bond donors (Lipinski definition) is 2. The molecule has 0 radical (unpaired) electrons. The molecule has 50 valence electrons. The van der Waals surface area contributed by atoms with Crippen molar-refractivity contribution in [2.75, 3.05) is 13.9 Å². The summed E-state index contributed by atoms with van der Waals surface area (Å²) in [5.74, 6) is 0. The van der Waals surface area contributed by atoms with E-state index in [2.05, 4.69) is 9.05 Å². The Kier molecular flexibility index (Phi) is 3.19. The fraction of sp³-hybridized carbons (Fsp3) is 1.00. The van der Waals surface area contributed by atoms with Crippen LogP contribution in [0.15, 0.2) is 0 Å². The normalized spacial score (nSPS) is 17.9. The third-order valence-corrected chi connectivity index (χ3v) is 1.35. The van der Waals surface area contributed by atoms with E-state index in [-0.39, 0.29) is 0 Å². The fourth-order valence-corrected chi connectivity index (χ4v) is 0.377. The minimum absolute atomic E-state index is 0.818. The van der Waals surface area contributed by atoms with Gasteiger partial charge in [0.1, 0.15) is 0 Å². The lowest BCUT2D eigenvalue weighted by Crippen LogP contribution is -1.91. The van der Waals surface area contributed by atoms with Crippen molar-refractivity contribution >= 4 is 7.82 Å². The molecule has 0 aromatic heterocycles. The minimum Gasteiger partial charge on any atom is -0.370 e. The first kappa shape index (κ1) is 8.07. The highest BCUT2D eigenvalue weighted by Crippen LogP contribution is 2.41. The minimum atomic E-state index is -3.92. The van der Waals surface area contributed by atoms with Crippen LogP contribution in [0, 0.1) is 0 Å². The molecule has 0 saturated carbocycles. The maximum Gasteiger partial charge on any atom is 0.474 e. The monoisotopic (exact) mass is 142 g/mol. The molecule has 0 heterocycles. The second-order valence-corrected chi connectivity index (χ2v) is 2.47. The fourth-order valence-electron chi connectivity index (χ4n) is 0.126. The molecule has 1 atom stereocenters. The Morgan fingerprint density at radius 2 is 2.25 bits per heavy atom. The SMILES string of the molecule is COP(=O)(O)OCO. The maximum absolute atomic E-state index is 10.1. The highest BCUT2D eigenvalue weighted by Gasteiger charge is 2.16. The van der Waals surface area contributed by atoms with Gasteiger partial charge in [-0.05, 0) is 0 Å². The molecule has 0 aliphatic carbocycles. The highest BCUT2D eigenvalue weighted by atomic mass is 31.2. The topological polar surface area (TPSA) is 76.0 Å². The van der Waals surface area contributed by atoms with E-state index in [1.807, 2.05) is 0 Å². The van der Waals surface area contributed by atoms with Crippen molar-refractivity contribution in [3.05, 3.63) is 0 Å². The van der Waals surface area contributed by atoms with Gasteiger partial charge < -0.3 is 10.00 Å². The first-order chi connectivity index (χ1) is 3.62. The zero-order chi connectivity index (χ0) is 6.62. The molecule has 0 aliphatic heterocycles. The number of aliphatic hydroxyl groups excluding tert-OH is 1. The Labute approximate surface area is 46.5 Å². The van der Waals surface area contributed by atoms with Gasteiger partial charge in [0.15, 0.2) is 6.79 Å². The van der Waals surface area contributed by atoms with Crippen molar-refractivity contribution in [3.8, 4) is 0 Å². The highest BCUT2D eigenvalue weighted by molar-refractivity contribution is 7.47. The van der Waals surface area contributed by atoms with Crippen LogP contribution in [0.25, 0.3) is 0 Å². The van der Waals surface area contributed by atoms with E-state index >= 15 is 0 Å². The van der Waals surface area contributed by atoms with Crippen LogP contribution in [0.2, 0.25) is 0 Å². The van der Waals surface area contributed by atoms with Crippen molar-refractivity contribution in [2.45, 2.75) is 0 Å². The van der Waals surface area contributed by atoms with Gasteiger partial charge in [-0.1, -0.05) is 0 Å². The molecule has 0 rings (SSSR count). The first-order valence-corrected chi connectivity index (χ1v) is 3.26. The van der Waals surface area contributed by atoms with Crippen molar-refractivity contribution in [1.82, 2.24) is 0 Å². The van der Waals surface area contributed by atoms with Gasteiger partial charge in [-0.15, -0.1) is 0 Å². The molecule has 2 N–H and O–H groups in total. The van der Waals surface area contributed by atoms with Crippen LogP contribution in [0.1, 0.15) is 0 Å². The van der Waals surface area contributed by atoms with Gasteiger partial charge in [-0.3, -0.25) is 9.05 Å². The van der Waals surface area contributed by atoms with Gasteiger partial charge in [0.2, 0.25) is 0 Å². The molecule has 0 bridgehead atoms. The lowest BCUT2D eigenvalue weighted by Gasteiger charge is -2.04. The average Bonchev–Trinajstić information content (AvgIpc) is 1.67. The molecule has 0 amide bonds. The summed E-state index contributed by atoms with van der Waals surface area (Å²) in [6, 6.07) is 0.